The highest BCUT2D eigenvalue weighted by atomic mass is 19.1. The molecule has 2 aromatic carbocycles. The number of rotatable bonds is 5. The lowest BCUT2D eigenvalue weighted by Gasteiger charge is -2.25. The minimum atomic E-state index is -0.274. The molecule has 2 aliphatic rings. The lowest BCUT2D eigenvalue weighted by atomic mass is 10.0. The molecule has 0 aliphatic carbocycles. The number of aromatic nitrogens is 2. The molecule has 1 fully saturated rings. The molecule has 1 amide bonds. The number of likely N-dealkylation sites (tertiary alicyclic amines) is 1. The number of aryl methyl sites for hydroxylation is 1. The maximum Gasteiger partial charge on any atom is 0.247 e. The van der Waals surface area contributed by atoms with Crippen molar-refractivity contribution in [3.05, 3.63) is 59.7 Å². The van der Waals surface area contributed by atoms with Crippen molar-refractivity contribution in [3.8, 4) is 23.0 Å². The number of amides is 1. The number of carbonyl (C=O) groups excluding carboxylic acids is 1. The molecule has 0 bridgehead atoms. The summed E-state index contributed by atoms with van der Waals surface area (Å²) in [5.74, 6) is 1.87. The minimum absolute atomic E-state index is 0.00928. The molecule has 0 unspecified atom stereocenters. The van der Waals surface area contributed by atoms with Gasteiger partial charge < -0.3 is 18.8 Å². The average molecular weight is 409 g/mol. The predicted molar refractivity (Wildman–Crippen MR) is 104 cm³/mol. The number of carbonyl (C=O) groups is 1. The molecule has 0 radical (unpaired) electrons. The van der Waals surface area contributed by atoms with Crippen LogP contribution in [0.3, 0.4) is 0 Å². The molecule has 2 aliphatic heterocycles. The van der Waals surface area contributed by atoms with Crippen molar-refractivity contribution in [1.82, 2.24) is 15.1 Å². The number of ether oxygens (including phenoxy) is 2. The number of hydrogen-bond acceptors (Lipinski definition) is 6. The number of benzene rings is 2. The monoisotopic (exact) mass is 409 g/mol. The molecule has 30 heavy (non-hydrogen) atoms. The molecule has 3 aromatic rings. The maximum atomic E-state index is 13.2. The molecule has 0 spiro atoms. The fraction of sp³-hybridized carbons (Fsp3) is 0.318. The van der Waals surface area contributed by atoms with E-state index in [0.717, 1.165) is 24.0 Å². The van der Waals surface area contributed by atoms with Gasteiger partial charge >= 0.3 is 0 Å². The van der Waals surface area contributed by atoms with Crippen LogP contribution in [0.4, 0.5) is 4.39 Å². The second-order valence-electron chi connectivity index (χ2n) is 7.37. The lowest BCUT2D eigenvalue weighted by molar-refractivity contribution is -0.132. The summed E-state index contributed by atoms with van der Waals surface area (Å²) in [5, 5.41) is 8.16. The fourth-order valence-electron chi connectivity index (χ4n) is 3.96. The van der Waals surface area contributed by atoms with Crippen LogP contribution < -0.4 is 9.47 Å². The van der Waals surface area contributed by atoms with E-state index < -0.39 is 0 Å². The van der Waals surface area contributed by atoms with Gasteiger partial charge in [0.1, 0.15) is 5.82 Å². The van der Waals surface area contributed by atoms with Crippen molar-refractivity contribution in [3.63, 3.8) is 0 Å². The van der Waals surface area contributed by atoms with E-state index in [4.69, 9.17) is 13.9 Å². The smallest absolute Gasteiger partial charge is 0.247 e. The van der Waals surface area contributed by atoms with Crippen LogP contribution >= 0.6 is 0 Å². The van der Waals surface area contributed by atoms with Crippen LogP contribution in [-0.2, 0) is 11.2 Å². The van der Waals surface area contributed by atoms with Crippen LogP contribution in [0.25, 0.3) is 11.5 Å². The molecule has 1 aromatic heterocycles. The zero-order valence-electron chi connectivity index (χ0n) is 16.2. The van der Waals surface area contributed by atoms with Gasteiger partial charge in [-0.05, 0) is 48.7 Å². The van der Waals surface area contributed by atoms with E-state index >= 15 is 0 Å². The predicted octanol–water partition coefficient (Wildman–Crippen LogP) is 3.90. The quantitative estimate of drug-likeness (QED) is 0.636. The molecule has 5 rings (SSSR count). The van der Waals surface area contributed by atoms with E-state index in [0.29, 0.717) is 36.2 Å². The first-order valence-electron chi connectivity index (χ1n) is 9.95. The molecule has 0 saturated carbocycles. The van der Waals surface area contributed by atoms with E-state index in [9.17, 15) is 9.18 Å². The van der Waals surface area contributed by atoms with Gasteiger partial charge in [-0.2, -0.15) is 0 Å². The van der Waals surface area contributed by atoms with Crippen molar-refractivity contribution >= 4 is 5.91 Å². The first-order valence-corrected chi connectivity index (χ1v) is 9.95. The Kier molecular flexibility index (Phi) is 4.82. The zero-order valence-corrected chi connectivity index (χ0v) is 16.2. The highest BCUT2D eigenvalue weighted by molar-refractivity contribution is 5.77. The molecule has 154 valence electrons. The Balaban J connectivity index is 1.23. The van der Waals surface area contributed by atoms with Gasteiger partial charge in [-0.3, -0.25) is 4.79 Å². The normalized spacial score (nSPS) is 17.5. The van der Waals surface area contributed by atoms with E-state index in [1.165, 1.54) is 12.1 Å². The Hall–Kier alpha value is -3.42. The Bertz CT molecular complexity index is 1070. The Labute approximate surface area is 172 Å². The third-order valence-corrected chi connectivity index (χ3v) is 5.47. The third-order valence-electron chi connectivity index (χ3n) is 5.47. The Morgan fingerprint density at radius 1 is 1.10 bits per heavy atom. The summed E-state index contributed by atoms with van der Waals surface area (Å²) >= 11 is 0. The summed E-state index contributed by atoms with van der Waals surface area (Å²) in [6.45, 7) is 0.901. The molecule has 8 heteroatoms. The van der Waals surface area contributed by atoms with Crippen molar-refractivity contribution in [2.45, 2.75) is 31.7 Å². The average Bonchev–Trinajstić information content (AvgIpc) is 3.52. The van der Waals surface area contributed by atoms with E-state index in [1.807, 2.05) is 11.0 Å². The van der Waals surface area contributed by atoms with Crippen LogP contribution in [0.15, 0.2) is 46.9 Å². The van der Waals surface area contributed by atoms with Gasteiger partial charge in [0.05, 0.1) is 6.04 Å². The van der Waals surface area contributed by atoms with Gasteiger partial charge in [-0.15, -0.1) is 10.2 Å². The minimum Gasteiger partial charge on any atom is -0.454 e. The Morgan fingerprint density at radius 2 is 1.93 bits per heavy atom. The van der Waals surface area contributed by atoms with Gasteiger partial charge in [-0.25, -0.2) is 4.39 Å². The first-order chi connectivity index (χ1) is 14.7. The highest BCUT2D eigenvalue weighted by Gasteiger charge is 2.30. The SMILES string of the molecule is O=C(CCc1nnc(-c2ccc3c(c2)OCO3)o1)N1CCC[C@@H]1c1ccc(F)cc1. The largest absolute Gasteiger partial charge is 0.454 e. The molecule has 0 N–H and O–H groups in total. The van der Waals surface area contributed by atoms with Crippen molar-refractivity contribution in [2.24, 2.45) is 0 Å². The summed E-state index contributed by atoms with van der Waals surface area (Å²) in [7, 11) is 0. The molecule has 1 atom stereocenters. The third kappa shape index (κ3) is 3.60. The van der Waals surface area contributed by atoms with Crippen molar-refractivity contribution < 1.29 is 23.1 Å². The summed E-state index contributed by atoms with van der Waals surface area (Å²) in [4.78, 5) is 14.7. The second kappa shape index (κ2) is 7.78. The number of nitrogens with zero attached hydrogens (tertiary/aromatic N) is 3. The fourth-order valence-corrected chi connectivity index (χ4v) is 3.96. The lowest BCUT2D eigenvalue weighted by Crippen LogP contribution is -2.30. The van der Waals surface area contributed by atoms with Crippen LogP contribution in [-0.4, -0.2) is 34.3 Å². The van der Waals surface area contributed by atoms with Gasteiger partial charge in [0.15, 0.2) is 11.5 Å². The van der Waals surface area contributed by atoms with Crippen LogP contribution in [0.1, 0.15) is 36.8 Å². The van der Waals surface area contributed by atoms with E-state index in [-0.39, 0.29) is 31.0 Å². The molecular weight excluding hydrogens is 389 g/mol. The second-order valence-corrected chi connectivity index (χ2v) is 7.37. The van der Waals surface area contributed by atoms with E-state index in [2.05, 4.69) is 10.2 Å². The maximum absolute atomic E-state index is 13.2. The summed E-state index contributed by atoms with van der Waals surface area (Å²) in [6.07, 6.45) is 2.46. The van der Waals surface area contributed by atoms with E-state index in [1.54, 1.807) is 24.3 Å². The van der Waals surface area contributed by atoms with Crippen LogP contribution in [0.5, 0.6) is 11.5 Å². The summed E-state index contributed by atoms with van der Waals surface area (Å²) in [5.41, 5.74) is 1.70. The molecule has 1 saturated heterocycles. The zero-order chi connectivity index (χ0) is 20.5. The van der Waals surface area contributed by atoms with Gasteiger partial charge in [0.2, 0.25) is 24.5 Å². The standard InChI is InChI=1S/C22H20FN3O4/c23-16-6-3-14(4-7-16)17-2-1-11-26(17)21(27)10-9-20-24-25-22(30-20)15-5-8-18-19(12-15)29-13-28-18/h3-8,12,17H,1-2,9-11,13H2/t17-/m1/s1. The topological polar surface area (TPSA) is 77.7 Å². The van der Waals surface area contributed by atoms with Crippen LogP contribution in [0, 0.1) is 5.82 Å². The number of halogens is 1. The Morgan fingerprint density at radius 3 is 2.80 bits per heavy atom. The van der Waals surface area contributed by atoms with Gasteiger partial charge in [0, 0.05) is 24.9 Å². The van der Waals surface area contributed by atoms with Gasteiger partial charge in [0.25, 0.3) is 0 Å². The first kappa shape index (κ1) is 18.6. The number of hydrogen-bond donors (Lipinski definition) is 0. The number of fused-ring (bicyclic) bond motifs is 1. The van der Waals surface area contributed by atoms with Crippen LogP contribution in [0.2, 0.25) is 0 Å². The summed E-state index contributed by atoms with van der Waals surface area (Å²) < 4.78 is 29.6. The molecular formula is C22H20FN3O4. The summed E-state index contributed by atoms with van der Waals surface area (Å²) in [6, 6.07) is 11.8. The van der Waals surface area contributed by atoms with Crippen molar-refractivity contribution in [1.29, 1.82) is 0 Å². The molecule has 3 heterocycles. The highest BCUT2D eigenvalue weighted by Crippen LogP contribution is 2.36. The van der Waals surface area contributed by atoms with Crippen molar-refractivity contribution in [2.75, 3.05) is 13.3 Å². The van der Waals surface area contributed by atoms with Gasteiger partial charge in [-0.1, -0.05) is 12.1 Å². The molecule has 7 nitrogen and oxygen atoms in total.